The molecule has 1 amide bonds. The number of carbonyl (C=O) groups excluding carboxylic acids is 1. The van der Waals surface area contributed by atoms with E-state index in [-0.39, 0.29) is 12.5 Å². The van der Waals surface area contributed by atoms with Gasteiger partial charge in [0.1, 0.15) is 0 Å². The quantitative estimate of drug-likeness (QED) is 0.687. The Bertz CT molecular complexity index is 309. The van der Waals surface area contributed by atoms with Crippen molar-refractivity contribution in [1.29, 1.82) is 0 Å². The van der Waals surface area contributed by atoms with E-state index in [1.165, 1.54) is 0 Å². The molecule has 15 heavy (non-hydrogen) atoms. The van der Waals surface area contributed by atoms with Crippen LogP contribution in [-0.2, 0) is 18.3 Å². The van der Waals surface area contributed by atoms with Gasteiger partial charge in [0, 0.05) is 44.9 Å². The molecule has 0 aliphatic carbocycles. The molecule has 0 saturated heterocycles. The Kier molecular flexibility index (Phi) is 4.83. The molecule has 1 aromatic heterocycles. The van der Waals surface area contributed by atoms with Crippen LogP contribution < -0.4 is 5.32 Å². The summed E-state index contributed by atoms with van der Waals surface area (Å²) in [5.74, 6) is -0.00813. The van der Waals surface area contributed by atoms with Crippen LogP contribution in [0, 0.1) is 0 Å². The molecule has 0 spiro atoms. The van der Waals surface area contributed by atoms with E-state index in [4.69, 9.17) is 5.11 Å². The van der Waals surface area contributed by atoms with Gasteiger partial charge in [-0.1, -0.05) is 0 Å². The van der Waals surface area contributed by atoms with Gasteiger partial charge in [0.2, 0.25) is 5.91 Å². The molecule has 1 heterocycles. The van der Waals surface area contributed by atoms with Gasteiger partial charge < -0.3 is 10.4 Å². The first kappa shape index (κ1) is 11.7. The summed E-state index contributed by atoms with van der Waals surface area (Å²) < 4.78 is 1.79. The average Bonchev–Trinajstić information content (AvgIpc) is 2.61. The molecule has 1 aromatic rings. The van der Waals surface area contributed by atoms with Gasteiger partial charge in [0.05, 0.1) is 0 Å². The molecule has 2 N–H and O–H groups in total. The smallest absolute Gasteiger partial charge is 0.220 e. The summed E-state index contributed by atoms with van der Waals surface area (Å²) in [4.78, 5) is 11.2. The van der Waals surface area contributed by atoms with E-state index in [1.54, 1.807) is 10.9 Å². The fourth-order valence-electron chi connectivity index (χ4n) is 1.30. The van der Waals surface area contributed by atoms with Crippen LogP contribution in [0.15, 0.2) is 12.3 Å². The predicted octanol–water partition coefficient (Wildman–Crippen LogP) is -0.149. The highest BCUT2D eigenvalue weighted by Crippen LogP contribution is 1.96. The summed E-state index contributed by atoms with van der Waals surface area (Å²) in [6, 6.07) is 1.93. The Morgan fingerprint density at radius 2 is 2.47 bits per heavy atom. The van der Waals surface area contributed by atoms with Crippen LogP contribution in [0.4, 0.5) is 0 Å². The van der Waals surface area contributed by atoms with Crippen LogP contribution in [0.1, 0.15) is 18.5 Å². The molecule has 5 heteroatoms. The Balaban J connectivity index is 2.16. The summed E-state index contributed by atoms with van der Waals surface area (Å²) in [6.07, 6.45) is 3.43. The molecule has 5 nitrogen and oxygen atoms in total. The normalized spacial score (nSPS) is 10.3. The van der Waals surface area contributed by atoms with Gasteiger partial charge in [0.25, 0.3) is 0 Å². The van der Waals surface area contributed by atoms with Crippen molar-refractivity contribution in [3.05, 3.63) is 18.0 Å². The van der Waals surface area contributed by atoms with Gasteiger partial charge in [-0.3, -0.25) is 9.48 Å². The summed E-state index contributed by atoms with van der Waals surface area (Å²) in [6.45, 7) is 0.680. The number of carbonyl (C=O) groups is 1. The summed E-state index contributed by atoms with van der Waals surface area (Å²) in [5.41, 5.74) is 1.09. The largest absolute Gasteiger partial charge is 0.396 e. The van der Waals surface area contributed by atoms with Crippen LogP contribution in [0.5, 0.6) is 0 Å². The van der Waals surface area contributed by atoms with Gasteiger partial charge in [0.15, 0.2) is 0 Å². The molecule has 0 saturated carbocycles. The van der Waals surface area contributed by atoms with Crippen molar-refractivity contribution in [2.45, 2.75) is 19.3 Å². The van der Waals surface area contributed by atoms with Crippen molar-refractivity contribution in [3.8, 4) is 0 Å². The van der Waals surface area contributed by atoms with Crippen molar-refractivity contribution >= 4 is 5.91 Å². The minimum atomic E-state index is -0.00813. The van der Waals surface area contributed by atoms with Gasteiger partial charge in [-0.2, -0.15) is 5.10 Å². The zero-order valence-electron chi connectivity index (χ0n) is 8.94. The van der Waals surface area contributed by atoms with Crippen LogP contribution in [0.3, 0.4) is 0 Å². The standard InChI is InChI=1S/C10H17N3O2/c1-13-9(5-7-12-13)4-6-11-10(15)3-2-8-14/h5,7,14H,2-4,6,8H2,1H3,(H,11,15). The van der Waals surface area contributed by atoms with E-state index < -0.39 is 0 Å². The summed E-state index contributed by atoms with van der Waals surface area (Å²) >= 11 is 0. The molecular formula is C10H17N3O2. The first-order valence-corrected chi connectivity index (χ1v) is 5.08. The number of aryl methyl sites for hydroxylation is 1. The number of aromatic nitrogens is 2. The Morgan fingerprint density at radius 1 is 1.67 bits per heavy atom. The minimum absolute atomic E-state index is 0.00813. The molecule has 84 valence electrons. The Labute approximate surface area is 89.1 Å². The lowest BCUT2D eigenvalue weighted by atomic mass is 10.3. The highest BCUT2D eigenvalue weighted by atomic mass is 16.3. The number of hydrogen-bond acceptors (Lipinski definition) is 3. The maximum absolute atomic E-state index is 11.2. The minimum Gasteiger partial charge on any atom is -0.396 e. The van der Waals surface area contributed by atoms with Crippen molar-refractivity contribution in [2.75, 3.05) is 13.2 Å². The molecule has 0 aliphatic heterocycles. The SMILES string of the molecule is Cn1nccc1CCNC(=O)CCCO. The number of hydrogen-bond donors (Lipinski definition) is 2. The molecule has 0 aliphatic rings. The van der Waals surface area contributed by atoms with E-state index in [1.807, 2.05) is 13.1 Å². The number of rotatable bonds is 6. The fraction of sp³-hybridized carbons (Fsp3) is 0.600. The van der Waals surface area contributed by atoms with Crippen LogP contribution in [0.25, 0.3) is 0 Å². The second-order valence-electron chi connectivity index (χ2n) is 3.37. The number of aliphatic hydroxyl groups excluding tert-OH is 1. The maximum Gasteiger partial charge on any atom is 0.220 e. The molecule has 0 bridgehead atoms. The second-order valence-corrected chi connectivity index (χ2v) is 3.37. The van der Waals surface area contributed by atoms with Crippen LogP contribution in [-0.4, -0.2) is 33.9 Å². The van der Waals surface area contributed by atoms with E-state index >= 15 is 0 Å². The van der Waals surface area contributed by atoms with Gasteiger partial charge in [-0.25, -0.2) is 0 Å². The van der Waals surface area contributed by atoms with Gasteiger partial charge >= 0.3 is 0 Å². The average molecular weight is 211 g/mol. The lowest BCUT2D eigenvalue weighted by Gasteiger charge is -2.04. The molecule has 0 atom stereocenters. The monoisotopic (exact) mass is 211 g/mol. The van der Waals surface area contributed by atoms with Crippen molar-refractivity contribution in [1.82, 2.24) is 15.1 Å². The Hall–Kier alpha value is -1.36. The highest BCUT2D eigenvalue weighted by molar-refractivity contribution is 5.75. The Morgan fingerprint density at radius 3 is 3.07 bits per heavy atom. The summed E-state index contributed by atoms with van der Waals surface area (Å²) in [7, 11) is 1.88. The second kappa shape index (κ2) is 6.19. The van der Waals surface area contributed by atoms with Gasteiger partial charge in [-0.05, 0) is 12.5 Å². The highest BCUT2D eigenvalue weighted by Gasteiger charge is 2.01. The molecule has 0 radical (unpaired) electrons. The number of nitrogens with zero attached hydrogens (tertiary/aromatic N) is 2. The van der Waals surface area contributed by atoms with Crippen molar-refractivity contribution in [3.63, 3.8) is 0 Å². The fourth-order valence-corrected chi connectivity index (χ4v) is 1.30. The molecule has 0 fully saturated rings. The van der Waals surface area contributed by atoms with E-state index in [0.29, 0.717) is 19.4 Å². The van der Waals surface area contributed by atoms with Crippen LogP contribution in [0.2, 0.25) is 0 Å². The third kappa shape index (κ3) is 4.12. The number of nitrogens with one attached hydrogen (secondary N) is 1. The van der Waals surface area contributed by atoms with E-state index in [2.05, 4.69) is 10.4 Å². The van der Waals surface area contributed by atoms with Crippen molar-refractivity contribution < 1.29 is 9.90 Å². The first-order chi connectivity index (χ1) is 7.24. The lowest BCUT2D eigenvalue weighted by Crippen LogP contribution is -2.26. The lowest BCUT2D eigenvalue weighted by molar-refractivity contribution is -0.121. The first-order valence-electron chi connectivity index (χ1n) is 5.08. The van der Waals surface area contributed by atoms with Gasteiger partial charge in [-0.15, -0.1) is 0 Å². The number of amides is 1. The number of aliphatic hydroxyl groups is 1. The zero-order chi connectivity index (χ0) is 11.1. The third-order valence-electron chi connectivity index (χ3n) is 2.19. The van der Waals surface area contributed by atoms with E-state index in [9.17, 15) is 4.79 Å². The topological polar surface area (TPSA) is 67.2 Å². The maximum atomic E-state index is 11.2. The molecular weight excluding hydrogens is 194 g/mol. The molecule has 0 unspecified atom stereocenters. The van der Waals surface area contributed by atoms with Crippen LogP contribution >= 0.6 is 0 Å². The predicted molar refractivity (Wildman–Crippen MR) is 56.2 cm³/mol. The molecule has 0 aromatic carbocycles. The third-order valence-corrected chi connectivity index (χ3v) is 2.19. The summed E-state index contributed by atoms with van der Waals surface area (Å²) in [5, 5.41) is 15.4. The zero-order valence-corrected chi connectivity index (χ0v) is 8.94. The molecule has 1 rings (SSSR count). The van der Waals surface area contributed by atoms with Crippen molar-refractivity contribution in [2.24, 2.45) is 7.05 Å². The van der Waals surface area contributed by atoms with E-state index in [0.717, 1.165) is 12.1 Å².